The largest absolute Gasteiger partial charge is 0.458 e. The molecule has 2 aliphatic rings. The maximum Gasteiger partial charge on any atom is 0.338 e. The van der Waals surface area contributed by atoms with Crippen LogP contribution in [0.3, 0.4) is 0 Å². The Hall–Kier alpha value is -1.97. The molecule has 4 nitrogen and oxygen atoms in total. The van der Waals surface area contributed by atoms with Crippen LogP contribution in [0.15, 0.2) is 30.3 Å². The molecule has 0 spiro atoms. The fourth-order valence-corrected chi connectivity index (χ4v) is 3.78. The highest BCUT2D eigenvalue weighted by Gasteiger charge is 2.71. The fraction of sp³-hybridized carbons (Fsp3) is 0.471. The van der Waals surface area contributed by atoms with E-state index in [2.05, 4.69) is 0 Å². The van der Waals surface area contributed by atoms with Crippen LogP contribution in [0, 0.1) is 16.7 Å². The minimum absolute atomic E-state index is 0.315. The Balaban J connectivity index is 1.86. The molecule has 0 N–H and O–H groups in total. The summed E-state index contributed by atoms with van der Waals surface area (Å²) < 4.78 is 5.54. The van der Waals surface area contributed by atoms with Crippen molar-refractivity contribution < 1.29 is 19.1 Å². The van der Waals surface area contributed by atoms with Crippen LogP contribution in [0.25, 0.3) is 0 Å². The van der Waals surface area contributed by atoms with Crippen LogP contribution in [0.4, 0.5) is 0 Å². The van der Waals surface area contributed by atoms with Gasteiger partial charge in [-0.1, -0.05) is 39.0 Å². The first-order chi connectivity index (χ1) is 9.79. The van der Waals surface area contributed by atoms with Gasteiger partial charge in [0.15, 0.2) is 0 Å². The molecule has 1 aromatic carbocycles. The second-order valence-corrected chi connectivity index (χ2v) is 6.74. The fourth-order valence-electron chi connectivity index (χ4n) is 3.78. The monoisotopic (exact) mass is 286 g/mol. The molecular weight excluding hydrogens is 268 g/mol. The zero-order valence-electron chi connectivity index (χ0n) is 12.4. The molecule has 3 atom stereocenters. The molecule has 0 radical (unpaired) electrons. The Labute approximate surface area is 123 Å². The van der Waals surface area contributed by atoms with Crippen molar-refractivity contribution in [2.75, 3.05) is 0 Å². The van der Waals surface area contributed by atoms with E-state index in [1.807, 2.05) is 26.8 Å². The summed E-state index contributed by atoms with van der Waals surface area (Å²) in [6.45, 7) is 5.64. The summed E-state index contributed by atoms with van der Waals surface area (Å²) >= 11 is 0. The number of benzene rings is 1. The van der Waals surface area contributed by atoms with Crippen molar-refractivity contribution in [1.82, 2.24) is 0 Å². The molecule has 2 aliphatic carbocycles. The third kappa shape index (κ3) is 1.71. The summed E-state index contributed by atoms with van der Waals surface area (Å²) in [6, 6.07) is 8.69. The van der Waals surface area contributed by atoms with Gasteiger partial charge in [0.2, 0.25) is 11.6 Å². The maximum atomic E-state index is 12.2. The molecule has 21 heavy (non-hydrogen) atoms. The van der Waals surface area contributed by atoms with Crippen LogP contribution in [0.1, 0.15) is 37.6 Å². The van der Waals surface area contributed by atoms with Crippen LogP contribution in [-0.4, -0.2) is 23.6 Å². The minimum Gasteiger partial charge on any atom is -0.458 e. The summed E-state index contributed by atoms with van der Waals surface area (Å²) in [5.41, 5.74) is -0.735. The van der Waals surface area contributed by atoms with Crippen LogP contribution < -0.4 is 0 Å². The lowest BCUT2D eigenvalue weighted by molar-refractivity contribution is -0.144. The molecule has 4 heteroatoms. The lowest BCUT2D eigenvalue weighted by atomic mass is 9.70. The summed E-state index contributed by atoms with van der Waals surface area (Å²) in [5, 5.41) is 0. The molecule has 0 amide bonds. The molecule has 2 bridgehead atoms. The minimum atomic E-state index is -0.726. The van der Waals surface area contributed by atoms with E-state index in [9.17, 15) is 14.4 Å². The number of hydrogen-bond acceptors (Lipinski definition) is 4. The van der Waals surface area contributed by atoms with Gasteiger partial charge in [0, 0.05) is 5.41 Å². The van der Waals surface area contributed by atoms with Crippen molar-refractivity contribution >= 4 is 17.5 Å². The number of rotatable bonds is 2. The summed E-state index contributed by atoms with van der Waals surface area (Å²) in [7, 11) is 0. The molecule has 0 heterocycles. The van der Waals surface area contributed by atoms with E-state index < -0.39 is 28.8 Å². The van der Waals surface area contributed by atoms with Crippen molar-refractivity contribution in [2.45, 2.75) is 33.3 Å². The average Bonchev–Trinajstić information content (AvgIpc) is 2.71. The molecule has 3 rings (SSSR count). The topological polar surface area (TPSA) is 60.4 Å². The van der Waals surface area contributed by atoms with Gasteiger partial charge >= 0.3 is 5.97 Å². The van der Waals surface area contributed by atoms with E-state index in [0.29, 0.717) is 12.0 Å². The number of hydrogen-bond donors (Lipinski definition) is 0. The van der Waals surface area contributed by atoms with Gasteiger partial charge in [-0.05, 0) is 24.0 Å². The van der Waals surface area contributed by atoms with Crippen LogP contribution in [-0.2, 0) is 14.3 Å². The van der Waals surface area contributed by atoms with E-state index in [0.717, 1.165) is 0 Å². The van der Waals surface area contributed by atoms with Crippen LogP contribution in [0.2, 0.25) is 0 Å². The van der Waals surface area contributed by atoms with Crippen molar-refractivity contribution in [3.63, 3.8) is 0 Å². The van der Waals surface area contributed by atoms with Gasteiger partial charge in [0.25, 0.3) is 0 Å². The Morgan fingerprint density at radius 2 is 1.76 bits per heavy atom. The van der Waals surface area contributed by atoms with Gasteiger partial charge in [0.1, 0.15) is 6.10 Å². The summed E-state index contributed by atoms with van der Waals surface area (Å²) in [4.78, 5) is 36.5. The lowest BCUT2D eigenvalue weighted by Gasteiger charge is -2.30. The first-order valence-electron chi connectivity index (χ1n) is 7.14. The quantitative estimate of drug-likeness (QED) is 0.619. The second-order valence-electron chi connectivity index (χ2n) is 6.74. The van der Waals surface area contributed by atoms with Crippen LogP contribution in [0.5, 0.6) is 0 Å². The first kappa shape index (κ1) is 14.0. The molecule has 110 valence electrons. The predicted molar refractivity (Wildman–Crippen MR) is 75.7 cm³/mol. The number of fused-ring (bicyclic) bond motifs is 2. The Morgan fingerprint density at radius 3 is 2.29 bits per heavy atom. The molecule has 0 aromatic heterocycles. The lowest BCUT2D eigenvalue weighted by Crippen LogP contribution is -2.38. The third-order valence-electron chi connectivity index (χ3n) is 5.46. The Morgan fingerprint density at radius 1 is 1.14 bits per heavy atom. The van der Waals surface area contributed by atoms with E-state index >= 15 is 0 Å². The van der Waals surface area contributed by atoms with Gasteiger partial charge in [0.05, 0.1) is 11.5 Å². The summed E-state index contributed by atoms with van der Waals surface area (Å²) in [6.07, 6.45) is -0.0868. The molecule has 0 unspecified atom stereocenters. The smallest absolute Gasteiger partial charge is 0.338 e. The molecule has 1 aromatic rings. The molecule has 2 fully saturated rings. The number of Topliss-reactive ketones (excluding diaryl/α,β-unsaturated/α-hetero) is 2. The number of carbonyl (C=O) groups is 3. The highest BCUT2D eigenvalue weighted by Crippen LogP contribution is 2.62. The number of ketones is 2. The molecular formula is C17H18O4. The van der Waals surface area contributed by atoms with E-state index in [-0.39, 0.29) is 11.6 Å². The van der Waals surface area contributed by atoms with Gasteiger partial charge in [-0.15, -0.1) is 0 Å². The van der Waals surface area contributed by atoms with Gasteiger partial charge in [-0.3, -0.25) is 9.59 Å². The second kappa shape index (κ2) is 4.26. The maximum absolute atomic E-state index is 12.2. The van der Waals surface area contributed by atoms with Crippen LogP contribution >= 0.6 is 0 Å². The van der Waals surface area contributed by atoms with Gasteiger partial charge < -0.3 is 4.74 Å². The molecule has 0 aliphatic heterocycles. The Kier molecular flexibility index (Phi) is 2.84. The third-order valence-corrected chi connectivity index (χ3v) is 5.46. The first-order valence-corrected chi connectivity index (χ1v) is 7.14. The van der Waals surface area contributed by atoms with Crippen molar-refractivity contribution in [3.8, 4) is 0 Å². The van der Waals surface area contributed by atoms with E-state index in [1.54, 1.807) is 24.3 Å². The highest BCUT2D eigenvalue weighted by molar-refractivity contribution is 6.43. The number of esters is 1. The average molecular weight is 286 g/mol. The molecule has 2 saturated carbocycles. The van der Waals surface area contributed by atoms with Gasteiger partial charge in [-0.2, -0.15) is 0 Å². The van der Waals surface area contributed by atoms with E-state index in [1.165, 1.54) is 0 Å². The normalized spacial score (nSPS) is 33.3. The summed E-state index contributed by atoms with van der Waals surface area (Å²) in [5.74, 6) is -1.67. The highest BCUT2D eigenvalue weighted by atomic mass is 16.5. The zero-order valence-corrected chi connectivity index (χ0v) is 12.4. The SMILES string of the molecule is CC1(C)[C@H]2C(=O)C(=O)[C@]1(C)C[C@H]2OC(=O)c1ccccc1. The number of carbonyl (C=O) groups excluding carboxylic acids is 3. The standard InChI is InChI=1S/C17H18O4/c1-16(2)12-11(9-17(16,3)14(19)13(12)18)21-15(20)10-7-5-4-6-8-10/h4-8,11-12H,9H2,1-3H3/t11-,12-,17+/m1/s1. The predicted octanol–water partition coefficient (Wildman–Crippen LogP) is 2.42. The zero-order chi connectivity index (χ0) is 15.4. The Bertz CT molecular complexity index is 631. The van der Waals surface area contributed by atoms with E-state index in [4.69, 9.17) is 4.74 Å². The van der Waals surface area contributed by atoms with Crippen molar-refractivity contribution in [3.05, 3.63) is 35.9 Å². The van der Waals surface area contributed by atoms with Gasteiger partial charge in [-0.25, -0.2) is 4.79 Å². The molecule has 0 saturated heterocycles. The van der Waals surface area contributed by atoms with Crippen molar-refractivity contribution in [2.24, 2.45) is 16.7 Å². The number of ether oxygens (including phenoxy) is 1. The van der Waals surface area contributed by atoms with Crippen molar-refractivity contribution in [1.29, 1.82) is 0 Å².